The Balaban J connectivity index is 1.68. The normalized spacial score (nSPS) is 21.8. The van der Waals surface area contributed by atoms with Crippen LogP contribution in [0.15, 0.2) is 0 Å². The summed E-state index contributed by atoms with van der Waals surface area (Å²) >= 11 is 0. The monoisotopic (exact) mass is 269 g/mol. The van der Waals surface area contributed by atoms with Gasteiger partial charge in [-0.25, -0.2) is 0 Å². The van der Waals surface area contributed by atoms with Gasteiger partial charge in [0.25, 0.3) is 0 Å². The molecule has 2 nitrogen and oxygen atoms in total. The van der Waals surface area contributed by atoms with Gasteiger partial charge in [-0.1, -0.05) is 78.1 Å². The highest BCUT2D eigenvalue weighted by Gasteiger charge is 2.34. The molecule has 2 heteroatoms. The second kappa shape index (κ2) is 11.7. The van der Waals surface area contributed by atoms with Gasteiger partial charge >= 0.3 is 0 Å². The number of rotatable bonds is 14. The van der Waals surface area contributed by atoms with Gasteiger partial charge in [-0.3, -0.25) is 4.84 Å². The van der Waals surface area contributed by atoms with E-state index in [2.05, 4.69) is 18.9 Å². The number of nitrogens with zero attached hydrogens (tertiary/aromatic N) is 1. The molecule has 0 amide bonds. The van der Waals surface area contributed by atoms with Gasteiger partial charge in [0, 0.05) is 6.54 Å². The maximum atomic E-state index is 5.48. The summed E-state index contributed by atoms with van der Waals surface area (Å²) < 4.78 is 0. The molecule has 0 saturated carbocycles. The highest BCUT2D eigenvalue weighted by Crippen LogP contribution is 2.25. The molecule has 0 aromatic rings. The third-order valence-electron chi connectivity index (χ3n) is 4.03. The molecule has 1 rings (SSSR count). The molecule has 2 unspecified atom stereocenters. The highest BCUT2D eigenvalue weighted by atomic mass is 16.8. The van der Waals surface area contributed by atoms with Crippen molar-refractivity contribution in [2.75, 3.05) is 6.54 Å². The zero-order valence-electron chi connectivity index (χ0n) is 13.3. The Morgan fingerprint density at radius 1 is 0.684 bits per heavy atom. The van der Waals surface area contributed by atoms with Gasteiger partial charge < -0.3 is 0 Å². The maximum Gasteiger partial charge on any atom is 0.154 e. The first-order valence-corrected chi connectivity index (χ1v) is 8.82. The maximum absolute atomic E-state index is 5.48. The van der Waals surface area contributed by atoms with E-state index in [1.807, 2.05) is 0 Å². The molecule has 0 aromatic heterocycles. The Hall–Kier alpha value is -0.0800. The van der Waals surface area contributed by atoms with Crippen LogP contribution < -0.4 is 0 Å². The molecule has 1 aliphatic heterocycles. The van der Waals surface area contributed by atoms with E-state index in [1.54, 1.807) is 0 Å². The first-order chi connectivity index (χ1) is 9.38. The van der Waals surface area contributed by atoms with Crippen LogP contribution >= 0.6 is 0 Å². The minimum absolute atomic E-state index is 0.471. The molecular weight excluding hydrogens is 234 g/mol. The molecule has 1 aliphatic rings. The molecule has 2 atom stereocenters. The van der Waals surface area contributed by atoms with Crippen LogP contribution in [0.3, 0.4) is 0 Å². The molecule has 0 bridgehead atoms. The quantitative estimate of drug-likeness (QED) is 0.298. The Kier molecular flexibility index (Phi) is 10.5. The predicted octanol–water partition coefficient (Wildman–Crippen LogP) is 5.67. The molecule has 1 fully saturated rings. The van der Waals surface area contributed by atoms with Crippen LogP contribution in [0.1, 0.15) is 97.3 Å². The number of hydrogen-bond acceptors (Lipinski definition) is 2. The van der Waals surface area contributed by atoms with Crippen LogP contribution in [-0.2, 0) is 4.84 Å². The summed E-state index contributed by atoms with van der Waals surface area (Å²) in [5.74, 6) is 0. The van der Waals surface area contributed by atoms with Crippen molar-refractivity contribution in [1.82, 2.24) is 5.06 Å². The first kappa shape index (κ1) is 17.0. The van der Waals surface area contributed by atoms with Crippen LogP contribution in [0.5, 0.6) is 0 Å². The summed E-state index contributed by atoms with van der Waals surface area (Å²) in [6, 6.07) is 0. The molecule has 0 N–H and O–H groups in total. The van der Waals surface area contributed by atoms with Crippen LogP contribution in [0.25, 0.3) is 0 Å². The van der Waals surface area contributed by atoms with Gasteiger partial charge in [0.2, 0.25) is 0 Å². The molecular formula is C17H35NO. The van der Waals surface area contributed by atoms with Crippen molar-refractivity contribution >= 4 is 0 Å². The molecule has 1 heterocycles. The van der Waals surface area contributed by atoms with E-state index in [0.717, 1.165) is 6.54 Å². The van der Waals surface area contributed by atoms with Crippen LogP contribution in [0.2, 0.25) is 0 Å². The second-order valence-electron chi connectivity index (χ2n) is 6.02. The largest absolute Gasteiger partial charge is 0.275 e. The van der Waals surface area contributed by atoms with Crippen LogP contribution in [0.4, 0.5) is 0 Å². The SMILES string of the molecule is CCCCCCCCCCCCCC1ON1CCC. The Bertz CT molecular complexity index is 196. The Morgan fingerprint density at radius 2 is 1.21 bits per heavy atom. The van der Waals surface area contributed by atoms with E-state index in [9.17, 15) is 0 Å². The average Bonchev–Trinajstić information content (AvgIpc) is 3.15. The summed E-state index contributed by atoms with van der Waals surface area (Å²) in [7, 11) is 0. The molecule has 0 aliphatic carbocycles. The smallest absolute Gasteiger partial charge is 0.154 e. The van der Waals surface area contributed by atoms with Gasteiger partial charge in [-0.05, 0) is 19.3 Å². The fourth-order valence-corrected chi connectivity index (χ4v) is 2.73. The molecule has 1 saturated heterocycles. The lowest BCUT2D eigenvalue weighted by Gasteiger charge is -2.02. The van der Waals surface area contributed by atoms with Crippen LogP contribution in [-0.4, -0.2) is 17.8 Å². The second-order valence-corrected chi connectivity index (χ2v) is 6.02. The molecule has 0 radical (unpaired) electrons. The van der Waals surface area contributed by atoms with Gasteiger partial charge in [0.05, 0.1) is 0 Å². The lowest BCUT2D eigenvalue weighted by molar-refractivity contribution is 0.198. The number of unbranched alkanes of at least 4 members (excludes halogenated alkanes) is 10. The van der Waals surface area contributed by atoms with E-state index >= 15 is 0 Å². The standard InChI is InChI=1S/C17H35NO/c1-3-5-6-7-8-9-10-11-12-13-14-15-17-18(19-17)16-4-2/h17H,3-16H2,1-2H3. The van der Waals surface area contributed by atoms with Crippen molar-refractivity contribution in [3.63, 3.8) is 0 Å². The van der Waals surface area contributed by atoms with Crippen molar-refractivity contribution in [3.05, 3.63) is 0 Å². The van der Waals surface area contributed by atoms with Gasteiger partial charge in [-0.2, -0.15) is 5.06 Å². The van der Waals surface area contributed by atoms with Crippen molar-refractivity contribution in [2.24, 2.45) is 0 Å². The van der Waals surface area contributed by atoms with E-state index in [4.69, 9.17) is 4.84 Å². The minimum Gasteiger partial charge on any atom is -0.275 e. The summed E-state index contributed by atoms with van der Waals surface area (Å²) in [6.07, 6.45) is 18.6. The van der Waals surface area contributed by atoms with Gasteiger partial charge in [-0.15, -0.1) is 0 Å². The van der Waals surface area contributed by atoms with Gasteiger partial charge in [0.1, 0.15) is 0 Å². The van der Waals surface area contributed by atoms with E-state index in [0.29, 0.717) is 6.23 Å². The number of hydroxylamine groups is 2. The molecule has 19 heavy (non-hydrogen) atoms. The fraction of sp³-hybridized carbons (Fsp3) is 1.00. The van der Waals surface area contributed by atoms with E-state index in [1.165, 1.54) is 83.5 Å². The summed E-state index contributed by atoms with van der Waals surface area (Å²) in [5, 5.41) is 2.14. The van der Waals surface area contributed by atoms with Crippen molar-refractivity contribution in [3.8, 4) is 0 Å². The third-order valence-corrected chi connectivity index (χ3v) is 4.03. The fourth-order valence-electron chi connectivity index (χ4n) is 2.73. The summed E-state index contributed by atoms with van der Waals surface area (Å²) in [4.78, 5) is 5.48. The van der Waals surface area contributed by atoms with Gasteiger partial charge in [0.15, 0.2) is 6.23 Å². The lowest BCUT2D eigenvalue weighted by Crippen LogP contribution is -2.02. The zero-order chi connectivity index (χ0) is 13.8. The number of hydrogen-bond donors (Lipinski definition) is 0. The summed E-state index contributed by atoms with van der Waals surface area (Å²) in [6.45, 7) is 5.61. The van der Waals surface area contributed by atoms with Crippen molar-refractivity contribution in [1.29, 1.82) is 0 Å². The Morgan fingerprint density at radius 3 is 1.74 bits per heavy atom. The molecule has 0 aromatic carbocycles. The lowest BCUT2D eigenvalue weighted by atomic mass is 10.1. The average molecular weight is 269 g/mol. The first-order valence-electron chi connectivity index (χ1n) is 8.82. The zero-order valence-corrected chi connectivity index (χ0v) is 13.3. The predicted molar refractivity (Wildman–Crippen MR) is 82.9 cm³/mol. The Labute approximate surface area is 120 Å². The van der Waals surface area contributed by atoms with Crippen molar-refractivity contribution in [2.45, 2.75) is 104 Å². The van der Waals surface area contributed by atoms with E-state index < -0.39 is 0 Å². The van der Waals surface area contributed by atoms with Crippen LogP contribution in [0, 0.1) is 0 Å². The van der Waals surface area contributed by atoms with Crippen molar-refractivity contribution < 1.29 is 4.84 Å². The molecule has 114 valence electrons. The summed E-state index contributed by atoms with van der Waals surface area (Å²) in [5.41, 5.74) is 0. The molecule has 0 spiro atoms. The van der Waals surface area contributed by atoms with E-state index in [-0.39, 0.29) is 0 Å². The topological polar surface area (TPSA) is 15.5 Å². The minimum atomic E-state index is 0.471. The third kappa shape index (κ3) is 9.45. The highest BCUT2D eigenvalue weighted by molar-refractivity contribution is 4.65.